The average Bonchev–Trinajstić information content (AvgIpc) is 3.01. The Kier molecular flexibility index (Phi) is 3.64. The van der Waals surface area contributed by atoms with E-state index >= 15 is 0 Å². The second-order valence-corrected chi connectivity index (χ2v) is 7.41. The smallest absolute Gasteiger partial charge is 0.483 e. The minimum absolute atomic E-state index is 0.269. The van der Waals surface area contributed by atoms with Crippen molar-refractivity contribution in [1.29, 1.82) is 0 Å². The highest BCUT2D eigenvalue weighted by Crippen LogP contribution is 2.53. The molecule has 0 aliphatic carbocycles. The van der Waals surface area contributed by atoms with Crippen LogP contribution in [0.3, 0.4) is 0 Å². The van der Waals surface area contributed by atoms with Gasteiger partial charge in [-0.2, -0.15) is 0 Å². The molecule has 3 aromatic rings. The number of halogens is 2. The molecule has 2 N–H and O–H groups in total. The van der Waals surface area contributed by atoms with E-state index in [1.807, 2.05) is 36.4 Å². The van der Waals surface area contributed by atoms with Gasteiger partial charge in [-0.1, -0.05) is 59.6 Å². The zero-order chi connectivity index (χ0) is 18.7. The third-order valence-electron chi connectivity index (χ3n) is 5.06. The van der Waals surface area contributed by atoms with Crippen molar-refractivity contribution in [1.82, 2.24) is 0 Å². The molecule has 3 aromatic carbocycles. The first-order valence-electron chi connectivity index (χ1n) is 8.36. The molecule has 2 heterocycles. The van der Waals surface area contributed by atoms with E-state index in [2.05, 4.69) is 5.32 Å². The second-order valence-electron chi connectivity index (χ2n) is 6.56. The highest BCUT2D eigenvalue weighted by atomic mass is 35.5. The van der Waals surface area contributed by atoms with Crippen LogP contribution in [-0.4, -0.2) is 23.6 Å². The molecule has 0 amide bonds. The Labute approximate surface area is 164 Å². The largest absolute Gasteiger partial charge is 0.507 e. The number of carbonyl (C=O) groups is 1. The number of hydrogen-bond donors (Lipinski definition) is 2. The molecule has 0 radical (unpaired) electrons. The van der Waals surface area contributed by atoms with E-state index in [1.165, 1.54) is 0 Å². The average molecular weight is 402 g/mol. The molecule has 7 heteroatoms. The van der Waals surface area contributed by atoms with Crippen molar-refractivity contribution in [2.24, 2.45) is 0 Å². The molecule has 5 nitrogen and oxygen atoms in total. The molecule has 5 rings (SSSR count). The molecule has 2 aliphatic heterocycles. The first-order valence-corrected chi connectivity index (χ1v) is 9.12. The number of benzene rings is 3. The van der Waals surface area contributed by atoms with E-state index in [-0.39, 0.29) is 5.92 Å². The summed E-state index contributed by atoms with van der Waals surface area (Å²) in [4.78, 5) is 11.2. The Bertz CT molecular complexity index is 1100. The fraction of sp³-hybridized carbons (Fsp3) is 0.150. The first kappa shape index (κ1) is 16.5. The maximum Gasteiger partial charge on any atom is 0.507 e. The number of rotatable bonds is 1. The maximum atomic E-state index is 11.2. The molecular weight excluding hydrogens is 389 g/mol. The van der Waals surface area contributed by atoms with Crippen LogP contribution >= 0.6 is 23.2 Å². The van der Waals surface area contributed by atoms with Gasteiger partial charge in [0.25, 0.3) is 0 Å². The van der Waals surface area contributed by atoms with Gasteiger partial charge in [0.1, 0.15) is 5.75 Å². The lowest BCUT2D eigenvalue weighted by Crippen LogP contribution is -2.46. The molecule has 0 spiro atoms. The Hall–Kier alpha value is -2.63. The lowest BCUT2D eigenvalue weighted by molar-refractivity contribution is 0.00610. The fourth-order valence-corrected chi connectivity index (χ4v) is 4.65. The molecule has 3 atom stereocenters. The van der Waals surface area contributed by atoms with E-state index in [4.69, 9.17) is 37.8 Å². The van der Waals surface area contributed by atoms with Crippen LogP contribution in [0.15, 0.2) is 48.5 Å². The van der Waals surface area contributed by atoms with Gasteiger partial charge in [0.15, 0.2) is 6.10 Å². The SMILES string of the molecule is O=C(O)OC1Nc2cc(Cl)cc(Cl)c2C2c3ccc4ccccc4c3OC12. The van der Waals surface area contributed by atoms with Crippen LogP contribution in [0.1, 0.15) is 17.0 Å². The highest BCUT2D eigenvalue weighted by Gasteiger charge is 2.48. The second kappa shape index (κ2) is 5.94. The third kappa shape index (κ3) is 2.50. The minimum Gasteiger partial charge on any atom is -0.483 e. The van der Waals surface area contributed by atoms with Gasteiger partial charge in [-0.15, -0.1) is 0 Å². The van der Waals surface area contributed by atoms with Crippen LogP contribution < -0.4 is 10.1 Å². The van der Waals surface area contributed by atoms with Crippen molar-refractivity contribution in [3.63, 3.8) is 0 Å². The molecule has 3 unspecified atom stereocenters. The van der Waals surface area contributed by atoms with E-state index in [9.17, 15) is 4.79 Å². The molecule has 0 fully saturated rings. The number of nitrogens with one attached hydrogen (secondary N) is 1. The zero-order valence-corrected chi connectivity index (χ0v) is 15.3. The van der Waals surface area contributed by atoms with Gasteiger partial charge in [-0.25, -0.2) is 4.79 Å². The summed E-state index contributed by atoms with van der Waals surface area (Å²) in [5.41, 5.74) is 2.42. The molecule has 0 aromatic heterocycles. The topological polar surface area (TPSA) is 67.8 Å². The van der Waals surface area contributed by atoms with Crippen molar-refractivity contribution in [3.05, 3.63) is 69.7 Å². The number of carboxylic acid groups (broad SMARTS) is 1. The Morgan fingerprint density at radius 1 is 1.15 bits per heavy atom. The van der Waals surface area contributed by atoms with Gasteiger partial charge < -0.3 is 19.9 Å². The monoisotopic (exact) mass is 401 g/mol. The van der Waals surface area contributed by atoms with Crippen molar-refractivity contribution in [2.75, 3.05) is 5.32 Å². The predicted molar refractivity (Wildman–Crippen MR) is 103 cm³/mol. The van der Waals surface area contributed by atoms with Crippen molar-refractivity contribution in [2.45, 2.75) is 18.2 Å². The summed E-state index contributed by atoms with van der Waals surface area (Å²) in [5.74, 6) is 0.456. The maximum absolute atomic E-state index is 11.2. The lowest BCUT2D eigenvalue weighted by Gasteiger charge is -2.35. The summed E-state index contributed by atoms with van der Waals surface area (Å²) >= 11 is 12.7. The summed E-state index contributed by atoms with van der Waals surface area (Å²) in [6.45, 7) is 0. The third-order valence-corrected chi connectivity index (χ3v) is 5.59. The lowest BCUT2D eigenvalue weighted by atomic mass is 9.83. The van der Waals surface area contributed by atoms with Gasteiger partial charge in [-0.3, -0.25) is 0 Å². The number of hydrogen-bond acceptors (Lipinski definition) is 4. The Balaban J connectivity index is 1.75. The van der Waals surface area contributed by atoms with E-state index in [1.54, 1.807) is 12.1 Å². The van der Waals surface area contributed by atoms with Gasteiger partial charge in [0, 0.05) is 32.2 Å². The van der Waals surface area contributed by atoms with Crippen LogP contribution in [0.2, 0.25) is 10.0 Å². The van der Waals surface area contributed by atoms with E-state index < -0.39 is 18.5 Å². The quantitative estimate of drug-likeness (QED) is 0.528. The predicted octanol–water partition coefficient (Wildman–Crippen LogP) is 5.49. The van der Waals surface area contributed by atoms with Crippen LogP contribution in [0.4, 0.5) is 10.5 Å². The highest BCUT2D eigenvalue weighted by molar-refractivity contribution is 6.35. The normalized spacial score (nSPS) is 22.2. The molecule has 136 valence electrons. The van der Waals surface area contributed by atoms with Gasteiger partial charge >= 0.3 is 6.16 Å². The minimum atomic E-state index is -1.38. The summed E-state index contributed by atoms with van der Waals surface area (Å²) in [6.07, 6.45) is -2.85. The van der Waals surface area contributed by atoms with Crippen LogP contribution in [0, 0.1) is 0 Å². The van der Waals surface area contributed by atoms with Crippen LogP contribution in [-0.2, 0) is 4.74 Å². The van der Waals surface area contributed by atoms with Gasteiger partial charge in [-0.05, 0) is 17.5 Å². The molecular formula is C20H13Cl2NO4. The standard InChI is InChI=1S/C20H13Cl2NO4/c21-10-7-13(22)16-14(8-10)23-19(27-20(24)25)18-15(16)12-6-5-9-3-1-2-4-11(9)17(12)26-18/h1-8,15,18-19,23H,(H,24,25). The molecule has 0 bridgehead atoms. The summed E-state index contributed by atoms with van der Waals surface area (Å²) < 4.78 is 11.3. The number of anilines is 1. The first-order chi connectivity index (χ1) is 13.0. The number of fused-ring (bicyclic) bond motifs is 7. The van der Waals surface area contributed by atoms with Crippen LogP contribution in [0.25, 0.3) is 10.8 Å². The zero-order valence-electron chi connectivity index (χ0n) is 13.8. The van der Waals surface area contributed by atoms with Gasteiger partial charge in [0.2, 0.25) is 6.23 Å². The van der Waals surface area contributed by atoms with Crippen LogP contribution in [0.5, 0.6) is 5.75 Å². The molecule has 0 saturated heterocycles. The van der Waals surface area contributed by atoms with Crippen molar-refractivity contribution >= 4 is 45.8 Å². The van der Waals surface area contributed by atoms with E-state index in [0.29, 0.717) is 15.7 Å². The summed E-state index contributed by atoms with van der Waals surface area (Å²) in [6, 6.07) is 15.3. The molecule has 2 aliphatic rings. The van der Waals surface area contributed by atoms with Crippen molar-refractivity contribution < 1.29 is 19.4 Å². The fourth-order valence-electron chi connectivity index (χ4n) is 4.03. The molecule has 27 heavy (non-hydrogen) atoms. The molecule has 0 saturated carbocycles. The van der Waals surface area contributed by atoms with Gasteiger partial charge in [0.05, 0.1) is 5.92 Å². The summed E-state index contributed by atoms with van der Waals surface area (Å²) in [7, 11) is 0. The number of ether oxygens (including phenoxy) is 2. The Morgan fingerprint density at radius 2 is 1.96 bits per heavy atom. The Morgan fingerprint density at radius 3 is 2.78 bits per heavy atom. The summed E-state index contributed by atoms with van der Waals surface area (Å²) in [5, 5.41) is 15.2. The van der Waals surface area contributed by atoms with Crippen molar-refractivity contribution in [3.8, 4) is 5.75 Å². The van der Waals surface area contributed by atoms with E-state index in [0.717, 1.165) is 27.6 Å².